The molecule has 2 atom stereocenters. The Bertz CT molecular complexity index is 582. The van der Waals surface area contributed by atoms with Crippen molar-refractivity contribution in [3.05, 3.63) is 22.8 Å². The zero-order valence-corrected chi connectivity index (χ0v) is 11.7. The van der Waals surface area contributed by atoms with Gasteiger partial charge < -0.3 is 10.6 Å². The zero-order valence-electron chi connectivity index (χ0n) is 11.0. The van der Waals surface area contributed by atoms with Gasteiger partial charge in [0.1, 0.15) is 12.4 Å². The summed E-state index contributed by atoms with van der Waals surface area (Å²) in [7, 11) is 0. The lowest BCUT2D eigenvalue weighted by Gasteiger charge is -2.14. The van der Waals surface area contributed by atoms with E-state index in [9.17, 15) is 26.7 Å². The largest absolute Gasteiger partial charge is 0.433 e. The molecule has 0 radical (unpaired) electrons. The number of alkyl halides is 5. The highest BCUT2D eigenvalue weighted by Crippen LogP contribution is 2.31. The normalized spacial score (nSPS) is 25.3. The summed E-state index contributed by atoms with van der Waals surface area (Å²) >= 11 is 5.68. The third-order valence-electron chi connectivity index (χ3n) is 3.17. The van der Waals surface area contributed by atoms with Gasteiger partial charge in [0.15, 0.2) is 11.5 Å². The predicted molar refractivity (Wildman–Crippen MR) is 69.1 cm³/mol. The molecule has 2 heterocycles. The molecular formula is C12H11ClF5N3O. The van der Waals surface area contributed by atoms with Crippen molar-refractivity contribution in [3.8, 4) is 0 Å². The first kappa shape index (κ1) is 16.9. The molecule has 1 aromatic heterocycles. The molecule has 0 saturated carbocycles. The molecular weight excluding hydrogens is 333 g/mol. The van der Waals surface area contributed by atoms with E-state index in [-0.39, 0.29) is 11.6 Å². The summed E-state index contributed by atoms with van der Waals surface area (Å²) in [4.78, 5) is 15.1. The molecule has 22 heavy (non-hydrogen) atoms. The lowest BCUT2D eigenvalue weighted by molar-refractivity contribution is -0.141. The zero-order chi connectivity index (χ0) is 16.5. The van der Waals surface area contributed by atoms with E-state index in [1.54, 1.807) is 0 Å². The Morgan fingerprint density at radius 3 is 2.73 bits per heavy atom. The van der Waals surface area contributed by atoms with Crippen molar-refractivity contribution in [1.82, 2.24) is 10.3 Å². The van der Waals surface area contributed by atoms with E-state index in [4.69, 9.17) is 11.6 Å². The molecule has 0 aromatic carbocycles. The number of nitrogens with one attached hydrogen (secondary N) is 2. The van der Waals surface area contributed by atoms with Crippen LogP contribution in [-0.4, -0.2) is 35.8 Å². The van der Waals surface area contributed by atoms with Crippen LogP contribution in [-0.2, 0) is 11.0 Å². The smallest absolute Gasteiger partial charge is 0.308 e. The van der Waals surface area contributed by atoms with E-state index in [2.05, 4.69) is 15.6 Å². The summed E-state index contributed by atoms with van der Waals surface area (Å²) in [5.41, 5.74) is -3.39. The Hall–Kier alpha value is -1.48. The molecule has 1 fully saturated rings. The van der Waals surface area contributed by atoms with Crippen LogP contribution in [0.1, 0.15) is 12.1 Å². The number of hydrogen-bond acceptors (Lipinski definition) is 3. The van der Waals surface area contributed by atoms with Gasteiger partial charge in [0.25, 0.3) is 0 Å². The highest BCUT2D eigenvalue weighted by atomic mass is 35.5. The van der Waals surface area contributed by atoms with E-state index >= 15 is 0 Å². The Balaban J connectivity index is 2.12. The SMILES string of the molecule is O=C(Nc1nc(C(F)(F)F)ccc1Cl)[C@@H]1C[C@](F)(CF)CN1. The minimum absolute atomic E-state index is 0.198. The van der Waals surface area contributed by atoms with E-state index in [0.29, 0.717) is 6.07 Å². The van der Waals surface area contributed by atoms with Crippen LogP contribution in [0.3, 0.4) is 0 Å². The quantitative estimate of drug-likeness (QED) is 0.830. The van der Waals surface area contributed by atoms with Crippen molar-refractivity contribution in [2.75, 3.05) is 18.5 Å². The Labute approximate surface area is 127 Å². The van der Waals surface area contributed by atoms with Gasteiger partial charge in [-0.3, -0.25) is 4.79 Å². The molecule has 1 aliphatic rings. The number of carbonyl (C=O) groups is 1. The van der Waals surface area contributed by atoms with Crippen molar-refractivity contribution >= 4 is 23.3 Å². The lowest BCUT2D eigenvalue weighted by atomic mass is 10.0. The van der Waals surface area contributed by atoms with Crippen LogP contribution >= 0.6 is 11.6 Å². The van der Waals surface area contributed by atoms with Crippen LogP contribution < -0.4 is 10.6 Å². The summed E-state index contributed by atoms with van der Waals surface area (Å²) in [5, 5.41) is 4.36. The molecule has 10 heteroatoms. The first-order chi connectivity index (χ1) is 10.1. The third kappa shape index (κ3) is 3.64. The van der Waals surface area contributed by atoms with Crippen molar-refractivity contribution in [2.45, 2.75) is 24.3 Å². The molecule has 1 aliphatic heterocycles. The maximum absolute atomic E-state index is 13.7. The van der Waals surface area contributed by atoms with Crippen molar-refractivity contribution in [1.29, 1.82) is 0 Å². The Morgan fingerprint density at radius 2 is 2.18 bits per heavy atom. The number of halogens is 6. The van der Waals surface area contributed by atoms with Crippen LogP contribution in [0.25, 0.3) is 0 Å². The molecule has 0 bridgehead atoms. The minimum atomic E-state index is -4.70. The number of carbonyl (C=O) groups excluding carboxylic acids is 1. The van der Waals surface area contributed by atoms with Crippen LogP contribution in [0.2, 0.25) is 5.02 Å². The van der Waals surface area contributed by atoms with Crippen LogP contribution in [0, 0.1) is 0 Å². The molecule has 1 amide bonds. The van der Waals surface area contributed by atoms with Gasteiger partial charge in [0.2, 0.25) is 5.91 Å². The van der Waals surface area contributed by atoms with Crippen molar-refractivity contribution in [3.63, 3.8) is 0 Å². The number of aromatic nitrogens is 1. The first-order valence-corrected chi connectivity index (χ1v) is 6.55. The third-order valence-corrected chi connectivity index (χ3v) is 3.47. The highest BCUT2D eigenvalue weighted by molar-refractivity contribution is 6.33. The molecule has 4 nitrogen and oxygen atoms in total. The average molecular weight is 344 g/mol. The standard InChI is InChI=1S/C12H11ClF5N3O/c13-6-1-2-8(12(16,17)18)20-9(6)21-10(22)7-3-11(15,4-14)5-19-7/h1-2,7,19H,3-5H2,(H,20,21,22)/t7-,11-/m0/s1. The number of hydrogen-bond donors (Lipinski definition) is 2. The molecule has 2 rings (SSSR count). The molecule has 0 unspecified atom stereocenters. The van der Waals surface area contributed by atoms with E-state index in [0.717, 1.165) is 6.07 Å². The second kappa shape index (κ2) is 5.96. The first-order valence-electron chi connectivity index (χ1n) is 6.17. The second-order valence-corrected chi connectivity index (χ2v) is 5.34. The summed E-state index contributed by atoms with van der Waals surface area (Å²) in [6, 6.07) is 0.533. The summed E-state index contributed by atoms with van der Waals surface area (Å²) in [6.45, 7) is -1.61. The summed E-state index contributed by atoms with van der Waals surface area (Å²) in [6.07, 6.45) is -5.12. The fraction of sp³-hybridized carbons (Fsp3) is 0.500. The second-order valence-electron chi connectivity index (χ2n) is 4.94. The van der Waals surface area contributed by atoms with Crippen LogP contribution in [0.4, 0.5) is 27.8 Å². The van der Waals surface area contributed by atoms with Gasteiger partial charge in [-0.25, -0.2) is 13.8 Å². The van der Waals surface area contributed by atoms with Gasteiger partial charge in [-0.2, -0.15) is 13.2 Å². The summed E-state index contributed by atoms with van der Waals surface area (Å²) in [5.74, 6) is -1.32. The molecule has 0 spiro atoms. The van der Waals surface area contributed by atoms with Crippen molar-refractivity contribution < 1.29 is 26.7 Å². The van der Waals surface area contributed by atoms with Gasteiger partial charge in [0.05, 0.1) is 11.1 Å². The molecule has 1 saturated heterocycles. The van der Waals surface area contributed by atoms with Crippen molar-refractivity contribution in [2.24, 2.45) is 0 Å². The maximum atomic E-state index is 13.7. The number of rotatable bonds is 3. The van der Waals surface area contributed by atoms with Gasteiger partial charge in [-0.05, 0) is 12.1 Å². The van der Waals surface area contributed by atoms with Gasteiger partial charge in [-0.15, -0.1) is 0 Å². The lowest BCUT2D eigenvalue weighted by Crippen LogP contribution is -2.35. The topological polar surface area (TPSA) is 54.0 Å². The minimum Gasteiger partial charge on any atom is -0.308 e. The summed E-state index contributed by atoms with van der Waals surface area (Å²) < 4.78 is 63.9. The maximum Gasteiger partial charge on any atom is 0.433 e. The Kier molecular flexibility index (Phi) is 4.57. The van der Waals surface area contributed by atoms with Gasteiger partial charge in [0, 0.05) is 13.0 Å². The fourth-order valence-corrected chi connectivity index (χ4v) is 2.15. The molecule has 122 valence electrons. The van der Waals surface area contributed by atoms with Gasteiger partial charge >= 0.3 is 6.18 Å². The number of amides is 1. The predicted octanol–water partition coefficient (Wildman–Crippen LogP) is 2.73. The fourth-order valence-electron chi connectivity index (χ4n) is 1.99. The highest BCUT2D eigenvalue weighted by Gasteiger charge is 2.42. The number of anilines is 1. The van der Waals surface area contributed by atoms with E-state index < -0.39 is 48.4 Å². The average Bonchev–Trinajstić information content (AvgIpc) is 2.83. The molecule has 0 aliphatic carbocycles. The Morgan fingerprint density at radius 1 is 1.50 bits per heavy atom. The van der Waals surface area contributed by atoms with Gasteiger partial charge in [-0.1, -0.05) is 11.6 Å². The van der Waals surface area contributed by atoms with Crippen LogP contribution in [0.15, 0.2) is 12.1 Å². The number of pyridine rings is 1. The van der Waals surface area contributed by atoms with Crippen LogP contribution in [0.5, 0.6) is 0 Å². The molecule has 2 N–H and O–H groups in total. The monoisotopic (exact) mass is 343 g/mol. The van der Waals surface area contributed by atoms with E-state index in [1.807, 2.05) is 0 Å². The van der Waals surface area contributed by atoms with E-state index in [1.165, 1.54) is 0 Å². The number of nitrogens with zero attached hydrogens (tertiary/aromatic N) is 1. The molecule has 1 aromatic rings.